The van der Waals surface area contributed by atoms with Crippen LogP contribution in [0.15, 0.2) is 28.7 Å². The Morgan fingerprint density at radius 1 is 1.29 bits per heavy atom. The average Bonchev–Trinajstić information content (AvgIpc) is 2.84. The first-order valence-electron chi connectivity index (χ1n) is 7.03. The molecule has 126 valence electrons. The number of thiophene rings is 1. The van der Waals surface area contributed by atoms with E-state index < -0.39 is 17.8 Å². The number of primary amides is 1. The van der Waals surface area contributed by atoms with Gasteiger partial charge in [-0.15, -0.1) is 11.3 Å². The van der Waals surface area contributed by atoms with Crippen LogP contribution in [-0.4, -0.2) is 24.4 Å². The van der Waals surface area contributed by atoms with Crippen LogP contribution in [0.5, 0.6) is 0 Å². The molecule has 8 heteroatoms. The smallest absolute Gasteiger partial charge is 0.341 e. The summed E-state index contributed by atoms with van der Waals surface area (Å²) >= 11 is 4.26. The summed E-state index contributed by atoms with van der Waals surface area (Å²) in [4.78, 5) is 36.4. The Kier molecular flexibility index (Phi) is 5.74. The third-order valence-electron chi connectivity index (χ3n) is 3.20. The largest absolute Gasteiger partial charge is 0.462 e. The van der Waals surface area contributed by atoms with Gasteiger partial charge >= 0.3 is 5.97 Å². The number of hydrogen-bond acceptors (Lipinski definition) is 5. The zero-order chi connectivity index (χ0) is 17.9. The fourth-order valence-electron chi connectivity index (χ4n) is 2.10. The van der Waals surface area contributed by atoms with E-state index in [1.807, 2.05) is 0 Å². The van der Waals surface area contributed by atoms with Crippen LogP contribution in [0.25, 0.3) is 0 Å². The van der Waals surface area contributed by atoms with Crippen LogP contribution >= 0.6 is 27.3 Å². The first kappa shape index (κ1) is 18.2. The van der Waals surface area contributed by atoms with Gasteiger partial charge in [-0.1, -0.05) is 12.1 Å². The lowest BCUT2D eigenvalue weighted by Gasteiger charge is -2.08. The molecule has 0 unspecified atom stereocenters. The highest BCUT2D eigenvalue weighted by Crippen LogP contribution is 2.34. The van der Waals surface area contributed by atoms with E-state index in [4.69, 9.17) is 10.5 Å². The van der Waals surface area contributed by atoms with Gasteiger partial charge in [-0.2, -0.15) is 0 Å². The first-order valence-corrected chi connectivity index (χ1v) is 8.64. The van der Waals surface area contributed by atoms with E-state index >= 15 is 0 Å². The molecule has 0 atom stereocenters. The predicted octanol–water partition coefficient (Wildman–Crippen LogP) is 3.35. The number of nitrogens with one attached hydrogen (secondary N) is 1. The van der Waals surface area contributed by atoms with Crippen molar-refractivity contribution in [3.05, 3.63) is 50.3 Å². The van der Waals surface area contributed by atoms with Gasteiger partial charge in [0.05, 0.1) is 22.6 Å². The van der Waals surface area contributed by atoms with Crippen molar-refractivity contribution < 1.29 is 19.1 Å². The van der Waals surface area contributed by atoms with E-state index in [0.29, 0.717) is 15.6 Å². The summed E-state index contributed by atoms with van der Waals surface area (Å²) < 4.78 is 5.62. The molecule has 0 aliphatic rings. The van der Waals surface area contributed by atoms with Crippen LogP contribution < -0.4 is 11.1 Å². The van der Waals surface area contributed by atoms with Gasteiger partial charge in [0.1, 0.15) is 5.00 Å². The number of nitrogens with two attached hydrogens (primary N) is 1. The van der Waals surface area contributed by atoms with Crippen LogP contribution in [0, 0.1) is 6.92 Å². The molecule has 0 aliphatic carbocycles. The molecule has 0 fully saturated rings. The van der Waals surface area contributed by atoms with Crippen molar-refractivity contribution in [3.8, 4) is 0 Å². The summed E-state index contributed by atoms with van der Waals surface area (Å²) in [6.07, 6.45) is 0. The van der Waals surface area contributed by atoms with Crippen molar-refractivity contribution in [2.24, 2.45) is 5.73 Å². The topological polar surface area (TPSA) is 98.5 Å². The highest BCUT2D eigenvalue weighted by Gasteiger charge is 2.26. The second-order valence-electron chi connectivity index (χ2n) is 4.78. The number of halogens is 1. The van der Waals surface area contributed by atoms with Crippen molar-refractivity contribution in [2.75, 3.05) is 11.9 Å². The van der Waals surface area contributed by atoms with Crippen LogP contribution in [0.1, 0.15) is 42.9 Å². The molecule has 24 heavy (non-hydrogen) atoms. The highest BCUT2D eigenvalue weighted by molar-refractivity contribution is 9.10. The Hall–Kier alpha value is -2.19. The third-order valence-corrected chi connectivity index (χ3v) is 5.11. The maximum absolute atomic E-state index is 12.5. The Bertz CT molecular complexity index is 816. The van der Waals surface area contributed by atoms with Crippen LogP contribution in [0.2, 0.25) is 0 Å². The summed E-state index contributed by atoms with van der Waals surface area (Å²) in [5, 5.41) is 2.90. The fraction of sp³-hybridized carbons (Fsp3) is 0.188. The number of benzene rings is 1. The molecule has 1 heterocycles. The number of carbonyl (C=O) groups is 3. The molecule has 0 spiro atoms. The van der Waals surface area contributed by atoms with Gasteiger partial charge in [0.25, 0.3) is 11.8 Å². The van der Waals surface area contributed by atoms with Gasteiger partial charge in [0.2, 0.25) is 0 Å². The normalized spacial score (nSPS) is 10.3. The Morgan fingerprint density at radius 2 is 1.96 bits per heavy atom. The highest BCUT2D eigenvalue weighted by atomic mass is 79.9. The van der Waals surface area contributed by atoms with Crippen LogP contribution in [-0.2, 0) is 4.74 Å². The van der Waals surface area contributed by atoms with E-state index in [1.165, 1.54) is 0 Å². The molecule has 0 saturated heterocycles. The number of ether oxygens (including phenoxy) is 1. The lowest BCUT2D eigenvalue weighted by molar-refractivity contribution is 0.0527. The summed E-state index contributed by atoms with van der Waals surface area (Å²) in [7, 11) is 0. The molecule has 6 nitrogen and oxygen atoms in total. The minimum absolute atomic E-state index is 0.149. The minimum Gasteiger partial charge on any atom is -0.462 e. The van der Waals surface area contributed by atoms with E-state index in [-0.39, 0.29) is 22.0 Å². The van der Waals surface area contributed by atoms with E-state index in [9.17, 15) is 14.4 Å². The molecule has 0 saturated carbocycles. The van der Waals surface area contributed by atoms with Gasteiger partial charge in [0.15, 0.2) is 0 Å². The van der Waals surface area contributed by atoms with Crippen molar-refractivity contribution in [1.29, 1.82) is 0 Å². The maximum Gasteiger partial charge on any atom is 0.341 e. The minimum atomic E-state index is -0.663. The van der Waals surface area contributed by atoms with Gasteiger partial charge in [-0.3, -0.25) is 9.59 Å². The summed E-state index contributed by atoms with van der Waals surface area (Å²) in [6.45, 7) is 3.45. The number of anilines is 1. The van der Waals surface area contributed by atoms with E-state index in [0.717, 1.165) is 11.3 Å². The monoisotopic (exact) mass is 410 g/mol. The second-order valence-corrected chi connectivity index (χ2v) is 6.65. The molecule has 2 rings (SSSR count). The summed E-state index contributed by atoms with van der Waals surface area (Å²) in [5.74, 6) is -1.68. The number of esters is 1. The van der Waals surface area contributed by atoms with Gasteiger partial charge in [-0.25, -0.2) is 4.79 Å². The zero-order valence-electron chi connectivity index (χ0n) is 13.0. The van der Waals surface area contributed by atoms with Crippen molar-refractivity contribution >= 4 is 50.1 Å². The average molecular weight is 411 g/mol. The fourth-order valence-corrected chi connectivity index (χ4v) is 3.61. The van der Waals surface area contributed by atoms with Gasteiger partial charge in [-0.05, 0) is 47.5 Å². The summed E-state index contributed by atoms with van der Waals surface area (Å²) in [5.41, 5.74) is 6.28. The third kappa shape index (κ3) is 3.65. The molecular weight excluding hydrogens is 396 g/mol. The Balaban J connectivity index is 2.44. The lowest BCUT2D eigenvalue weighted by Crippen LogP contribution is -2.15. The molecule has 1 aromatic carbocycles. The number of hydrogen-bond donors (Lipinski definition) is 2. The number of amides is 2. The second kappa shape index (κ2) is 7.59. The zero-order valence-corrected chi connectivity index (χ0v) is 15.4. The maximum atomic E-state index is 12.5. The van der Waals surface area contributed by atoms with Gasteiger partial charge in [0, 0.05) is 4.47 Å². The molecule has 0 aliphatic heterocycles. The SMILES string of the molecule is CCOC(=O)c1c(NC(=O)c2ccccc2Br)sc(C(N)=O)c1C. The molecule has 1 aromatic heterocycles. The quantitative estimate of drug-likeness (QED) is 0.738. The van der Waals surface area contributed by atoms with Gasteiger partial charge < -0.3 is 15.8 Å². The van der Waals surface area contributed by atoms with Crippen LogP contribution in [0.4, 0.5) is 5.00 Å². The Labute approximate surface area is 151 Å². The standard InChI is InChI=1S/C16H15BrN2O4S/c1-3-23-16(22)11-8(2)12(13(18)20)24-15(11)19-14(21)9-6-4-5-7-10(9)17/h4-7H,3H2,1-2H3,(H2,18,20)(H,19,21). The predicted molar refractivity (Wildman–Crippen MR) is 95.6 cm³/mol. The lowest BCUT2D eigenvalue weighted by atomic mass is 10.1. The number of carbonyl (C=O) groups excluding carboxylic acids is 3. The summed E-state index contributed by atoms with van der Waals surface area (Å²) in [6, 6.07) is 6.88. The molecule has 0 radical (unpaired) electrons. The van der Waals surface area contributed by atoms with Crippen LogP contribution in [0.3, 0.4) is 0 Å². The van der Waals surface area contributed by atoms with Crippen molar-refractivity contribution in [2.45, 2.75) is 13.8 Å². The molecule has 2 amide bonds. The number of rotatable bonds is 5. The van der Waals surface area contributed by atoms with E-state index in [2.05, 4.69) is 21.2 Å². The van der Waals surface area contributed by atoms with E-state index in [1.54, 1.807) is 38.1 Å². The van der Waals surface area contributed by atoms with Crippen molar-refractivity contribution in [3.63, 3.8) is 0 Å². The molecule has 2 aromatic rings. The first-order chi connectivity index (χ1) is 11.4. The molecule has 0 bridgehead atoms. The molecular formula is C16H15BrN2O4S. The van der Waals surface area contributed by atoms with Crippen molar-refractivity contribution in [1.82, 2.24) is 0 Å². The Morgan fingerprint density at radius 3 is 2.54 bits per heavy atom. The molecule has 3 N–H and O–H groups in total.